The van der Waals surface area contributed by atoms with Crippen molar-refractivity contribution >= 4 is 23.5 Å². The summed E-state index contributed by atoms with van der Waals surface area (Å²) < 4.78 is 33.6. The Kier molecular flexibility index (Phi) is 6.99. The molecule has 0 radical (unpaired) electrons. The molecule has 36 heavy (non-hydrogen) atoms. The van der Waals surface area contributed by atoms with Gasteiger partial charge in [-0.1, -0.05) is 18.2 Å². The lowest BCUT2D eigenvalue weighted by molar-refractivity contribution is -0.192. The first-order valence-corrected chi connectivity index (χ1v) is 10.9. The van der Waals surface area contributed by atoms with E-state index in [1.165, 1.54) is 0 Å². The van der Waals surface area contributed by atoms with Crippen LogP contribution in [0.2, 0.25) is 0 Å². The molecule has 1 fully saturated rings. The van der Waals surface area contributed by atoms with E-state index < -0.39 is 12.1 Å². The van der Waals surface area contributed by atoms with Gasteiger partial charge in [-0.3, -0.25) is 14.6 Å². The number of fused-ring (bicyclic) bond motifs is 2. The maximum Gasteiger partial charge on any atom is 0.490 e. The second-order valence-corrected chi connectivity index (χ2v) is 8.34. The highest BCUT2D eigenvalue weighted by atomic mass is 19.4. The Labute approximate surface area is 202 Å². The molecule has 1 aromatic carbocycles. The van der Waals surface area contributed by atoms with Crippen LogP contribution in [0.5, 0.6) is 0 Å². The van der Waals surface area contributed by atoms with Gasteiger partial charge in [0.1, 0.15) is 5.82 Å². The molecular formula is C23H21F3N6O4. The molecule has 2 unspecified atom stereocenters. The Bertz CT molecular complexity index is 1250. The number of likely N-dealkylation sites (tertiary alicyclic amines) is 1. The number of pyridine rings is 1. The van der Waals surface area contributed by atoms with E-state index in [1.54, 1.807) is 24.5 Å². The summed E-state index contributed by atoms with van der Waals surface area (Å²) in [6.45, 7) is 2.01. The van der Waals surface area contributed by atoms with Gasteiger partial charge in [0.25, 0.3) is 11.8 Å². The lowest BCUT2D eigenvalue weighted by Gasteiger charge is -2.25. The summed E-state index contributed by atoms with van der Waals surface area (Å²) >= 11 is 0. The van der Waals surface area contributed by atoms with Crippen molar-refractivity contribution in [2.24, 2.45) is 11.8 Å². The zero-order valence-corrected chi connectivity index (χ0v) is 18.7. The van der Waals surface area contributed by atoms with Crippen LogP contribution in [0.15, 0.2) is 54.9 Å². The summed E-state index contributed by atoms with van der Waals surface area (Å²) in [6, 6.07) is 12.8. The molecule has 2 N–H and O–H groups in total. The van der Waals surface area contributed by atoms with E-state index in [2.05, 4.69) is 20.5 Å². The van der Waals surface area contributed by atoms with E-state index in [1.807, 2.05) is 39.8 Å². The largest absolute Gasteiger partial charge is 0.490 e. The first-order valence-electron chi connectivity index (χ1n) is 10.9. The quantitative estimate of drug-likeness (QED) is 0.563. The van der Waals surface area contributed by atoms with Crippen molar-refractivity contribution in [2.75, 3.05) is 18.4 Å². The SMILES string of the molecule is O=C(Nc1ccccc1)c1nnc2n1CC1CN(C(=O)c3ccncc3)CC1C2.O=C(O)C(F)(F)F. The van der Waals surface area contributed by atoms with Gasteiger partial charge < -0.3 is 19.9 Å². The van der Waals surface area contributed by atoms with E-state index in [-0.39, 0.29) is 17.7 Å². The van der Waals surface area contributed by atoms with Crippen molar-refractivity contribution < 1.29 is 32.7 Å². The average molecular weight is 502 g/mol. The van der Waals surface area contributed by atoms with E-state index in [0.29, 0.717) is 36.9 Å². The monoisotopic (exact) mass is 502 g/mol. The van der Waals surface area contributed by atoms with E-state index in [0.717, 1.165) is 17.9 Å². The molecule has 10 nitrogen and oxygen atoms in total. The fourth-order valence-electron chi connectivity index (χ4n) is 4.24. The smallest absolute Gasteiger partial charge is 0.475 e. The Morgan fingerprint density at radius 1 is 0.944 bits per heavy atom. The number of carbonyl (C=O) groups excluding carboxylic acids is 2. The van der Waals surface area contributed by atoms with Crippen LogP contribution in [0, 0.1) is 11.8 Å². The van der Waals surface area contributed by atoms with Crippen molar-refractivity contribution in [2.45, 2.75) is 19.1 Å². The molecular weight excluding hydrogens is 481 g/mol. The molecule has 13 heteroatoms. The Balaban J connectivity index is 0.000000384. The fourth-order valence-corrected chi connectivity index (χ4v) is 4.24. The van der Waals surface area contributed by atoms with E-state index in [9.17, 15) is 22.8 Å². The Morgan fingerprint density at radius 3 is 2.22 bits per heavy atom. The van der Waals surface area contributed by atoms with Crippen LogP contribution in [0.3, 0.4) is 0 Å². The van der Waals surface area contributed by atoms with Crippen LogP contribution in [-0.4, -0.2) is 66.8 Å². The second-order valence-electron chi connectivity index (χ2n) is 8.34. The van der Waals surface area contributed by atoms with E-state index >= 15 is 0 Å². The topological polar surface area (TPSA) is 130 Å². The van der Waals surface area contributed by atoms with Gasteiger partial charge in [-0.15, -0.1) is 10.2 Å². The minimum Gasteiger partial charge on any atom is -0.475 e. The number of nitrogens with zero attached hydrogens (tertiary/aromatic N) is 5. The first-order chi connectivity index (χ1) is 17.1. The van der Waals surface area contributed by atoms with Crippen LogP contribution in [0.25, 0.3) is 0 Å². The van der Waals surface area contributed by atoms with Crippen molar-refractivity contribution in [3.63, 3.8) is 0 Å². The number of halogens is 3. The lowest BCUT2D eigenvalue weighted by Crippen LogP contribution is -2.31. The number of aliphatic carboxylic acids is 1. The molecule has 5 rings (SSSR count). The summed E-state index contributed by atoms with van der Waals surface area (Å²) in [5.41, 5.74) is 1.37. The van der Waals surface area contributed by atoms with Crippen LogP contribution in [-0.2, 0) is 17.8 Å². The number of benzene rings is 1. The molecule has 4 heterocycles. The number of aromatic nitrogens is 4. The first kappa shape index (κ1) is 24.8. The van der Waals surface area contributed by atoms with Crippen molar-refractivity contribution in [3.05, 3.63) is 72.1 Å². The molecule has 0 spiro atoms. The van der Waals surface area contributed by atoms with Gasteiger partial charge in [0.05, 0.1) is 0 Å². The normalized spacial score (nSPS) is 18.4. The molecule has 2 aliphatic heterocycles. The highest BCUT2D eigenvalue weighted by Crippen LogP contribution is 2.33. The third-order valence-corrected chi connectivity index (χ3v) is 5.96. The van der Waals surface area contributed by atoms with Gasteiger partial charge in [-0.05, 0) is 36.1 Å². The number of carbonyl (C=O) groups is 3. The number of anilines is 1. The van der Waals surface area contributed by atoms with Gasteiger partial charge in [0.15, 0.2) is 0 Å². The minimum atomic E-state index is -5.08. The van der Waals surface area contributed by atoms with Gasteiger partial charge in [-0.25, -0.2) is 4.79 Å². The number of hydrogen-bond donors (Lipinski definition) is 2. The molecule has 0 saturated carbocycles. The Morgan fingerprint density at radius 2 is 1.58 bits per heavy atom. The third-order valence-electron chi connectivity index (χ3n) is 5.96. The summed E-state index contributed by atoms with van der Waals surface area (Å²) in [5.74, 6) is -1.25. The molecule has 3 aromatic rings. The summed E-state index contributed by atoms with van der Waals surface area (Å²) in [5, 5.41) is 18.4. The Hall–Kier alpha value is -4.29. The zero-order chi connectivity index (χ0) is 25.9. The predicted octanol–water partition coefficient (Wildman–Crippen LogP) is 2.50. The molecule has 2 aromatic heterocycles. The van der Waals surface area contributed by atoms with Crippen molar-refractivity contribution in [1.29, 1.82) is 0 Å². The van der Waals surface area contributed by atoms with E-state index in [4.69, 9.17) is 9.90 Å². The number of hydrogen-bond acceptors (Lipinski definition) is 6. The zero-order valence-electron chi connectivity index (χ0n) is 18.7. The maximum atomic E-state index is 12.8. The standard InChI is InChI=1S/C21H20N6O2.C2HF3O2/c28-20(23-17-4-2-1-3-5-17)19-25-24-18-10-15-11-26(12-16(15)13-27(18)19)21(29)14-6-8-22-9-7-14;3-2(4,5)1(6)7/h1-9,15-16H,10-13H2,(H,23,28);(H,6,7). The van der Waals surface area contributed by atoms with Crippen molar-refractivity contribution in [3.8, 4) is 0 Å². The van der Waals surface area contributed by atoms with Gasteiger partial charge >= 0.3 is 12.1 Å². The number of rotatable bonds is 3. The molecule has 2 amide bonds. The van der Waals surface area contributed by atoms with Gasteiger partial charge in [-0.2, -0.15) is 13.2 Å². The number of nitrogens with one attached hydrogen (secondary N) is 1. The average Bonchev–Trinajstić information content (AvgIpc) is 3.46. The maximum absolute atomic E-state index is 12.8. The fraction of sp³-hybridized carbons (Fsp3) is 0.304. The van der Waals surface area contributed by atoms with Crippen LogP contribution in [0.4, 0.5) is 18.9 Å². The third kappa shape index (κ3) is 5.50. The predicted molar refractivity (Wildman–Crippen MR) is 119 cm³/mol. The van der Waals surface area contributed by atoms with Crippen LogP contribution < -0.4 is 5.32 Å². The highest BCUT2D eigenvalue weighted by molar-refractivity contribution is 6.01. The van der Waals surface area contributed by atoms with Crippen LogP contribution in [0.1, 0.15) is 26.8 Å². The molecule has 188 valence electrons. The lowest BCUT2D eigenvalue weighted by atomic mass is 9.89. The summed E-state index contributed by atoms with van der Waals surface area (Å²) in [6.07, 6.45) is -1.10. The second kappa shape index (κ2) is 10.1. The summed E-state index contributed by atoms with van der Waals surface area (Å²) in [4.78, 5) is 40.2. The number of carboxylic acids is 1. The van der Waals surface area contributed by atoms with Gasteiger partial charge in [0.2, 0.25) is 5.82 Å². The number of alkyl halides is 3. The van der Waals surface area contributed by atoms with Gasteiger partial charge in [0, 0.05) is 49.7 Å². The summed E-state index contributed by atoms with van der Waals surface area (Å²) in [7, 11) is 0. The van der Waals surface area contributed by atoms with Crippen LogP contribution >= 0.6 is 0 Å². The van der Waals surface area contributed by atoms with Crippen molar-refractivity contribution in [1.82, 2.24) is 24.6 Å². The molecule has 1 saturated heterocycles. The number of carboxylic acid groups (broad SMARTS) is 1. The highest BCUT2D eigenvalue weighted by Gasteiger charge is 2.41. The number of para-hydroxylation sites is 1. The molecule has 0 bridgehead atoms. The molecule has 0 aliphatic carbocycles. The molecule has 2 aliphatic rings. The minimum absolute atomic E-state index is 0.0274. The number of amides is 2. The molecule has 2 atom stereocenters.